The molecule has 3 aromatic carbocycles. The van der Waals surface area contributed by atoms with Gasteiger partial charge in [0.05, 0.1) is 11.3 Å². The number of nitrogens with zero attached hydrogens (tertiary/aromatic N) is 1. The normalized spacial score (nSPS) is 12.9. The van der Waals surface area contributed by atoms with Gasteiger partial charge in [0.1, 0.15) is 11.4 Å². The summed E-state index contributed by atoms with van der Waals surface area (Å²) < 4.78 is 0. The van der Waals surface area contributed by atoms with E-state index in [9.17, 15) is 19.5 Å². The number of hydrogen-bond acceptors (Lipinski definition) is 6. The van der Waals surface area contributed by atoms with Crippen molar-refractivity contribution in [1.29, 1.82) is 0 Å². The smallest absolute Gasteiger partial charge is 0.257 e. The minimum atomic E-state index is -0.666. The number of nitrogens with one attached hydrogen (secondary N) is 2. The Balaban J connectivity index is 1.84. The molecule has 0 fully saturated rings. The Hall–Kier alpha value is -3.61. The molecule has 3 aromatic rings. The van der Waals surface area contributed by atoms with E-state index in [1.165, 1.54) is 11.0 Å². The van der Waals surface area contributed by atoms with E-state index in [2.05, 4.69) is 10.6 Å². The first kappa shape index (κ1) is 21.1. The molecule has 0 bridgehead atoms. The van der Waals surface area contributed by atoms with Crippen LogP contribution in [0.1, 0.15) is 35.7 Å². The Morgan fingerprint density at radius 2 is 1.57 bits per heavy atom. The van der Waals surface area contributed by atoms with E-state index in [4.69, 9.17) is 0 Å². The van der Waals surface area contributed by atoms with Crippen molar-refractivity contribution in [2.45, 2.75) is 25.8 Å². The molecule has 156 valence electrons. The van der Waals surface area contributed by atoms with Crippen molar-refractivity contribution in [3.05, 3.63) is 80.1 Å². The third-order valence-corrected chi connectivity index (χ3v) is 5.29. The lowest BCUT2D eigenvalue weighted by Gasteiger charge is -2.25. The molecule has 0 aliphatic rings. The van der Waals surface area contributed by atoms with Crippen molar-refractivity contribution >= 4 is 23.0 Å². The maximum absolute atomic E-state index is 12.2. The molecule has 0 aromatic heterocycles. The first-order chi connectivity index (χ1) is 14.2. The van der Waals surface area contributed by atoms with Gasteiger partial charge < -0.3 is 20.6 Å². The van der Waals surface area contributed by atoms with Crippen LogP contribution in [0.2, 0.25) is 0 Å². The van der Waals surface area contributed by atoms with Gasteiger partial charge in [-0.2, -0.15) is 0 Å². The van der Waals surface area contributed by atoms with E-state index in [1.807, 2.05) is 44.2 Å². The fourth-order valence-corrected chi connectivity index (χ4v) is 3.24. The molecule has 30 heavy (non-hydrogen) atoms. The van der Waals surface area contributed by atoms with Crippen molar-refractivity contribution in [2.24, 2.45) is 0 Å². The molecular formula is C23H25N3O4. The minimum absolute atomic E-state index is 0.0804. The van der Waals surface area contributed by atoms with Crippen molar-refractivity contribution in [3.8, 4) is 5.75 Å². The molecule has 0 heterocycles. The lowest BCUT2D eigenvalue weighted by molar-refractivity contribution is 0.0824. The topological polar surface area (TPSA) is 98.7 Å². The summed E-state index contributed by atoms with van der Waals surface area (Å²) in [6, 6.07) is 14.4. The number of anilines is 3. The molecule has 0 aliphatic carbocycles. The number of benzene rings is 2. The number of phenols is 1. The first-order valence-electron chi connectivity index (χ1n) is 9.67. The molecule has 0 radical (unpaired) electrons. The molecule has 1 amide bonds. The number of carbonyl (C=O) groups excluding carboxylic acids is 1. The van der Waals surface area contributed by atoms with Gasteiger partial charge in [-0.25, -0.2) is 0 Å². The monoisotopic (exact) mass is 407 g/mol. The molecule has 7 heteroatoms. The van der Waals surface area contributed by atoms with Crippen LogP contribution < -0.4 is 21.5 Å². The summed E-state index contributed by atoms with van der Waals surface area (Å²) in [5.74, 6) is -0.552. The van der Waals surface area contributed by atoms with Gasteiger partial charge in [0.15, 0.2) is 5.75 Å². The van der Waals surface area contributed by atoms with Crippen molar-refractivity contribution in [1.82, 2.24) is 4.90 Å². The standard InChI is InChI=1S/C23H25N3O4/c1-13(15-9-6-5-7-10-15)14(2)24-18-19(22(29)21(18)28)25-17-12-8-11-16(20(17)27)23(30)26(3)4/h5-14,24-25,27H,1-4H3/t13-,14-/m1/s1. The summed E-state index contributed by atoms with van der Waals surface area (Å²) in [5, 5.41) is 16.4. The van der Waals surface area contributed by atoms with E-state index in [0.717, 1.165) is 5.56 Å². The zero-order chi connectivity index (χ0) is 22.0. The molecule has 0 unspecified atom stereocenters. The predicted octanol–water partition coefficient (Wildman–Crippen LogP) is 3.04. The fraction of sp³-hybridized carbons (Fsp3) is 0.261. The third kappa shape index (κ3) is 3.91. The Morgan fingerprint density at radius 1 is 0.933 bits per heavy atom. The van der Waals surface area contributed by atoms with Crippen LogP contribution in [0.4, 0.5) is 17.1 Å². The van der Waals surface area contributed by atoms with Crippen LogP contribution >= 0.6 is 0 Å². The summed E-state index contributed by atoms with van der Waals surface area (Å²) in [7, 11) is 3.16. The molecule has 3 rings (SSSR count). The SMILES string of the molecule is C[C@@H](Nc1c(Nc2cccc(C(=O)N(C)C)c2O)c(=O)c1=O)[C@@H](C)c1ccccc1. The molecule has 7 nitrogen and oxygen atoms in total. The largest absolute Gasteiger partial charge is 0.505 e. The fourth-order valence-electron chi connectivity index (χ4n) is 3.24. The van der Waals surface area contributed by atoms with E-state index in [0.29, 0.717) is 0 Å². The third-order valence-electron chi connectivity index (χ3n) is 5.29. The van der Waals surface area contributed by atoms with E-state index in [1.54, 1.807) is 26.2 Å². The summed E-state index contributed by atoms with van der Waals surface area (Å²) >= 11 is 0. The van der Waals surface area contributed by atoms with E-state index < -0.39 is 10.9 Å². The molecule has 3 N–H and O–H groups in total. The van der Waals surface area contributed by atoms with Crippen LogP contribution in [0.5, 0.6) is 5.75 Å². The highest BCUT2D eigenvalue weighted by Crippen LogP contribution is 2.32. The zero-order valence-electron chi connectivity index (χ0n) is 17.4. The Kier molecular flexibility index (Phi) is 5.91. The quantitative estimate of drug-likeness (QED) is 0.411. The van der Waals surface area contributed by atoms with Crippen molar-refractivity contribution in [3.63, 3.8) is 0 Å². The lowest BCUT2D eigenvalue weighted by Crippen LogP contribution is -2.39. The Labute approximate surface area is 174 Å². The first-order valence-corrected chi connectivity index (χ1v) is 9.67. The second kappa shape index (κ2) is 8.41. The molecule has 2 atom stereocenters. The molecule has 0 saturated carbocycles. The van der Waals surface area contributed by atoms with Crippen LogP contribution in [0, 0.1) is 0 Å². The van der Waals surface area contributed by atoms with Crippen LogP contribution in [0.25, 0.3) is 0 Å². The summed E-state index contributed by atoms with van der Waals surface area (Å²) in [6.07, 6.45) is 0. The summed E-state index contributed by atoms with van der Waals surface area (Å²) in [5.41, 5.74) is 0.380. The number of carbonyl (C=O) groups is 1. The molecule has 0 saturated heterocycles. The second-order valence-corrected chi connectivity index (χ2v) is 7.57. The Morgan fingerprint density at radius 3 is 2.20 bits per heavy atom. The highest BCUT2D eigenvalue weighted by Gasteiger charge is 2.26. The predicted molar refractivity (Wildman–Crippen MR) is 119 cm³/mol. The maximum Gasteiger partial charge on any atom is 0.257 e. The van der Waals surface area contributed by atoms with E-state index in [-0.39, 0.29) is 46.2 Å². The highest BCUT2D eigenvalue weighted by atomic mass is 16.3. The number of hydrogen-bond donors (Lipinski definition) is 3. The van der Waals surface area contributed by atoms with Crippen molar-refractivity contribution in [2.75, 3.05) is 24.7 Å². The van der Waals surface area contributed by atoms with Gasteiger partial charge in [-0.05, 0) is 24.6 Å². The highest BCUT2D eigenvalue weighted by molar-refractivity contribution is 5.99. The average Bonchev–Trinajstić information content (AvgIpc) is 2.76. The van der Waals surface area contributed by atoms with Gasteiger partial charge in [-0.15, -0.1) is 0 Å². The van der Waals surface area contributed by atoms with E-state index >= 15 is 0 Å². The lowest BCUT2D eigenvalue weighted by atomic mass is 9.94. The minimum Gasteiger partial charge on any atom is -0.505 e. The van der Waals surface area contributed by atoms with Gasteiger partial charge in [0, 0.05) is 26.1 Å². The van der Waals surface area contributed by atoms with Crippen LogP contribution in [0.3, 0.4) is 0 Å². The average molecular weight is 407 g/mol. The van der Waals surface area contributed by atoms with Gasteiger partial charge in [-0.3, -0.25) is 14.4 Å². The number of rotatable bonds is 7. The Bertz CT molecular complexity index is 1130. The number of para-hydroxylation sites is 1. The van der Waals surface area contributed by atoms with Gasteiger partial charge in [0.2, 0.25) is 0 Å². The number of phenolic OH excluding ortho intramolecular Hbond substituents is 1. The van der Waals surface area contributed by atoms with Crippen LogP contribution in [-0.4, -0.2) is 36.1 Å². The van der Waals surface area contributed by atoms with Gasteiger partial charge in [0.25, 0.3) is 16.8 Å². The second-order valence-electron chi connectivity index (χ2n) is 7.57. The van der Waals surface area contributed by atoms with Gasteiger partial charge >= 0.3 is 0 Å². The van der Waals surface area contributed by atoms with Gasteiger partial charge in [-0.1, -0.05) is 43.3 Å². The van der Waals surface area contributed by atoms with Crippen LogP contribution in [0.15, 0.2) is 58.1 Å². The molecular weight excluding hydrogens is 382 g/mol. The number of amides is 1. The maximum atomic E-state index is 12.2. The zero-order valence-corrected chi connectivity index (χ0v) is 17.4. The van der Waals surface area contributed by atoms with Crippen LogP contribution in [-0.2, 0) is 0 Å². The molecule has 0 spiro atoms. The number of aromatic hydroxyl groups is 1. The van der Waals surface area contributed by atoms with Crippen molar-refractivity contribution < 1.29 is 9.90 Å². The summed E-state index contributed by atoms with van der Waals surface area (Å²) in [4.78, 5) is 37.9. The summed E-state index contributed by atoms with van der Waals surface area (Å²) in [6.45, 7) is 3.97. The molecule has 0 aliphatic heterocycles.